The van der Waals surface area contributed by atoms with Crippen LogP contribution in [0.25, 0.3) is 10.2 Å². The van der Waals surface area contributed by atoms with E-state index in [4.69, 9.17) is 4.74 Å². The molecule has 0 aliphatic carbocycles. The SMILES string of the molecule is Cc1cccc2sc(NC(=O)c3ccc(COc4ccccc4)cc3)nc12. The van der Waals surface area contributed by atoms with Gasteiger partial charge in [0.1, 0.15) is 12.4 Å². The molecular weight excluding hydrogens is 356 g/mol. The molecule has 0 atom stereocenters. The van der Waals surface area contributed by atoms with Crippen molar-refractivity contribution in [3.63, 3.8) is 0 Å². The predicted molar refractivity (Wildman–Crippen MR) is 110 cm³/mol. The van der Waals surface area contributed by atoms with E-state index in [-0.39, 0.29) is 5.91 Å². The zero-order valence-electron chi connectivity index (χ0n) is 14.8. The average Bonchev–Trinajstić information content (AvgIpc) is 3.11. The zero-order chi connectivity index (χ0) is 18.6. The Hall–Kier alpha value is -3.18. The van der Waals surface area contributed by atoms with Crippen molar-refractivity contribution < 1.29 is 9.53 Å². The van der Waals surface area contributed by atoms with Crippen LogP contribution in [0.3, 0.4) is 0 Å². The Morgan fingerprint density at radius 3 is 2.52 bits per heavy atom. The summed E-state index contributed by atoms with van der Waals surface area (Å²) in [6.07, 6.45) is 0. The Labute approximate surface area is 161 Å². The van der Waals surface area contributed by atoms with Gasteiger partial charge in [-0.15, -0.1) is 0 Å². The first kappa shape index (κ1) is 17.2. The van der Waals surface area contributed by atoms with Crippen LogP contribution in [0.15, 0.2) is 72.8 Å². The van der Waals surface area contributed by atoms with Crippen molar-refractivity contribution in [1.82, 2.24) is 4.98 Å². The third kappa shape index (κ3) is 3.99. The predicted octanol–water partition coefficient (Wildman–Crippen LogP) is 5.44. The summed E-state index contributed by atoms with van der Waals surface area (Å²) in [5.74, 6) is 0.660. The maximum absolute atomic E-state index is 12.5. The number of hydrogen-bond donors (Lipinski definition) is 1. The Bertz CT molecular complexity index is 1070. The number of benzene rings is 3. The second-order valence-corrected chi connectivity index (χ2v) is 7.22. The van der Waals surface area contributed by atoms with Crippen molar-refractivity contribution in [2.75, 3.05) is 5.32 Å². The molecule has 1 N–H and O–H groups in total. The van der Waals surface area contributed by atoms with Gasteiger partial charge < -0.3 is 4.74 Å². The largest absolute Gasteiger partial charge is 0.489 e. The van der Waals surface area contributed by atoms with Crippen LogP contribution in [0.1, 0.15) is 21.5 Å². The molecule has 1 amide bonds. The van der Waals surface area contributed by atoms with Crippen LogP contribution in [0, 0.1) is 6.92 Å². The highest BCUT2D eigenvalue weighted by Crippen LogP contribution is 2.28. The van der Waals surface area contributed by atoms with Crippen LogP contribution in [0.5, 0.6) is 5.75 Å². The number of nitrogens with one attached hydrogen (secondary N) is 1. The topological polar surface area (TPSA) is 51.2 Å². The van der Waals surface area contributed by atoms with Gasteiger partial charge >= 0.3 is 0 Å². The summed E-state index contributed by atoms with van der Waals surface area (Å²) < 4.78 is 6.79. The van der Waals surface area contributed by atoms with E-state index in [2.05, 4.69) is 10.3 Å². The fourth-order valence-corrected chi connectivity index (χ4v) is 3.68. The van der Waals surface area contributed by atoms with E-state index in [0.29, 0.717) is 17.3 Å². The zero-order valence-corrected chi connectivity index (χ0v) is 15.6. The van der Waals surface area contributed by atoms with Gasteiger partial charge in [-0.3, -0.25) is 10.1 Å². The maximum atomic E-state index is 12.5. The number of ether oxygens (including phenoxy) is 1. The number of para-hydroxylation sites is 2. The molecule has 0 spiro atoms. The molecule has 0 aliphatic rings. The Kier molecular flexibility index (Phi) is 4.85. The second kappa shape index (κ2) is 7.60. The normalized spacial score (nSPS) is 10.7. The van der Waals surface area contributed by atoms with Gasteiger partial charge in [0.2, 0.25) is 0 Å². The highest BCUT2D eigenvalue weighted by Gasteiger charge is 2.11. The Balaban J connectivity index is 1.41. The molecule has 0 radical (unpaired) electrons. The molecule has 5 heteroatoms. The lowest BCUT2D eigenvalue weighted by Gasteiger charge is -2.07. The van der Waals surface area contributed by atoms with Gasteiger partial charge in [0.25, 0.3) is 5.91 Å². The van der Waals surface area contributed by atoms with Crippen LogP contribution < -0.4 is 10.1 Å². The molecule has 27 heavy (non-hydrogen) atoms. The van der Waals surface area contributed by atoms with Crippen molar-refractivity contribution in [2.24, 2.45) is 0 Å². The highest BCUT2D eigenvalue weighted by atomic mass is 32.1. The molecule has 0 saturated heterocycles. The fourth-order valence-electron chi connectivity index (χ4n) is 2.74. The van der Waals surface area contributed by atoms with Gasteiger partial charge in [0, 0.05) is 5.56 Å². The summed E-state index contributed by atoms with van der Waals surface area (Å²) in [7, 11) is 0. The minimum Gasteiger partial charge on any atom is -0.489 e. The minimum absolute atomic E-state index is 0.165. The quantitative estimate of drug-likeness (QED) is 0.506. The van der Waals surface area contributed by atoms with Crippen LogP contribution >= 0.6 is 11.3 Å². The van der Waals surface area contributed by atoms with Crippen molar-refractivity contribution in [2.45, 2.75) is 13.5 Å². The molecule has 0 fully saturated rings. The standard InChI is InChI=1S/C22H18N2O2S/c1-15-6-5-9-19-20(15)23-22(27-19)24-21(25)17-12-10-16(11-13-17)14-26-18-7-3-2-4-8-18/h2-13H,14H2,1H3,(H,23,24,25). The number of aryl methyl sites for hydroxylation is 1. The molecule has 0 aliphatic heterocycles. The number of hydrogen-bond acceptors (Lipinski definition) is 4. The van der Waals surface area contributed by atoms with E-state index < -0.39 is 0 Å². The third-order valence-electron chi connectivity index (χ3n) is 4.21. The summed E-state index contributed by atoms with van der Waals surface area (Å²) in [5.41, 5.74) is 3.64. The van der Waals surface area contributed by atoms with E-state index in [1.54, 1.807) is 12.1 Å². The second-order valence-electron chi connectivity index (χ2n) is 6.19. The molecule has 4 nitrogen and oxygen atoms in total. The van der Waals surface area contributed by atoms with Crippen molar-refractivity contribution >= 4 is 32.6 Å². The van der Waals surface area contributed by atoms with Crippen molar-refractivity contribution in [1.29, 1.82) is 0 Å². The number of aromatic nitrogens is 1. The van der Waals surface area contributed by atoms with Gasteiger partial charge in [-0.05, 0) is 48.4 Å². The molecule has 0 bridgehead atoms. The molecule has 4 rings (SSSR count). The number of carbonyl (C=O) groups excluding carboxylic acids is 1. The first-order chi connectivity index (χ1) is 13.2. The number of nitrogens with zero attached hydrogens (tertiary/aromatic N) is 1. The van der Waals surface area contributed by atoms with E-state index in [1.807, 2.05) is 67.6 Å². The Morgan fingerprint density at radius 1 is 1.00 bits per heavy atom. The maximum Gasteiger partial charge on any atom is 0.257 e. The molecule has 1 heterocycles. The van der Waals surface area contributed by atoms with Gasteiger partial charge in [0.05, 0.1) is 10.2 Å². The fraction of sp³-hybridized carbons (Fsp3) is 0.0909. The number of fused-ring (bicyclic) bond motifs is 1. The summed E-state index contributed by atoms with van der Waals surface area (Å²) in [4.78, 5) is 17.0. The number of rotatable bonds is 5. The van der Waals surface area contributed by atoms with E-state index in [0.717, 1.165) is 27.1 Å². The smallest absolute Gasteiger partial charge is 0.257 e. The lowest BCUT2D eigenvalue weighted by Crippen LogP contribution is -2.11. The number of thiazole rings is 1. The van der Waals surface area contributed by atoms with Gasteiger partial charge in [-0.1, -0.05) is 53.8 Å². The molecular formula is C22H18N2O2S. The highest BCUT2D eigenvalue weighted by molar-refractivity contribution is 7.22. The van der Waals surface area contributed by atoms with Gasteiger partial charge in [-0.25, -0.2) is 4.98 Å². The van der Waals surface area contributed by atoms with Gasteiger partial charge in [-0.2, -0.15) is 0 Å². The van der Waals surface area contributed by atoms with Crippen LogP contribution in [0.2, 0.25) is 0 Å². The van der Waals surface area contributed by atoms with Crippen molar-refractivity contribution in [3.05, 3.63) is 89.5 Å². The van der Waals surface area contributed by atoms with Crippen LogP contribution in [-0.4, -0.2) is 10.9 Å². The lowest BCUT2D eigenvalue weighted by atomic mass is 10.1. The Morgan fingerprint density at radius 2 is 1.78 bits per heavy atom. The summed E-state index contributed by atoms with van der Waals surface area (Å²) in [6, 6.07) is 23.1. The van der Waals surface area contributed by atoms with E-state index in [9.17, 15) is 4.79 Å². The molecule has 0 saturated carbocycles. The lowest BCUT2D eigenvalue weighted by molar-refractivity contribution is 0.102. The third-order valence-corrected chi connectivity index (χ3v) is 5.14. The van der Waals surface area contributed by atoms with Crippen LogP contribution in [-0.2, 0) is 6.61 Å². The molecule has 3 aromatic carbocycles. The number of amides is 1. The summed E-state index contributed by atoms with van der Waals surface area (Å²) >= 11 is 1.48. The van der Waals surface area contributed by atoms with Crippen molar-refractivity contribution in [3.8, 4) is 5.75 Å². The minimum atomic E-state index is -0.165. The molecule has 0 unspecified atom stereocenters. The van der Waals surface area contributed by atoms with Crippen LogP contribution in [0.4, 0.5) is 5.13 Å². The van der Waals surface area contributed by atoms with E-state index in [1.165, 1.54) is 11.3 Å². The first-order valence-corrected chi connectivity index (χ1v) is 9.45. The van der Waals surface area contributed by atoms with Gasteiger partial charge in [0.15, 0.2) is 5.13 Å². The summed E-state index contributed by atoms with van der Waals surface area (Å²) in [6.45, 7) is 2.48. The average molecular weight is 374 g/mol. The number of carbonyl (C=O) groups is 1. The molecule has 4 aromatic rings. The monoisotopic (exact) mass is 374 g/mol. The first-order valence-electron chi connectivity index (χ1n) is 8.63. The summed E-state index contributed by atoms with van der Waals surface area (Å²) in [5, 5.41) is 3.50. The molecule has 134 valence electrons. The molecule has 1 aromatic heterocycles. The number of anilines is 1. The van der Waals surface area contributed by atoms with E-state index >= 15 is 0 Å².